The minimum Gasteiger partial charge on any atom is -0.339 e. The van der Waals surface area contributed by atoms with Gasteiger partial charge >= 0.3 is 0 Å². The van der Waals surface area contributed by atoms with Crippen LogP contribution in [-0.4, -0.2) is 35.4 Å². The number of allylic oxidation sites excluding steroid dienone is 1. The summed E-state index contributed by atoms with van der Waals surface area (Å²) in [5.41, 5.74) is 3.85. The van der Waals surface area contributed by atoms with Crippen LogP contribution in [0.2, 0.25) is 0 Å². The Morgan fingerprint density at radius 1 is 0.727 bits per heavy atom. The fourth-order valence-electron chi connectivity index (χ4n) is 4.67. The number of ketones is 1. The number of rotatable bonds is 5. The summed E-state index contributed by atoms with van der Waals surface area (Å²) in [6.45, 7) is 1.44. The summed E-state index contributed by atoms with van der Waals surface area (Å²) in [4.78, 5) is 34.8. The maximum Gasteiger partial charge on any atom is 0.253 e. The second kappa shape index (κ2) is 9.37. The van der Waals surface area contributed by atoms with Gasteiger partial charge in [0.25, 0.3) is 5.91 Å². The molecule has 1 amide bonds. The van der Waals surface area contributed by atoms with Crippen LogP contribution in [0.1, 0.15) is 46.8 Å². The molecule has 0 radical (unpaired) electrons. The van der Waals surface area contributed by atoms with Crippen molar-refractivity contribution in [2.75, 3.05) is 13.1 Å². The van der Waals surface area contributed by atoms with E-state index in [0.717, 1.165) is 43.5 Å². The van der Waals surface area contributed by atoms with E-state index in [9.17, 15) is 9.59 Å². The summed E-state index contributed by atoms with van der Waals surface area (Å²) in [7, 11) is 0. The molecule has 1 fully saturated rings. The normalized spacial score (nSPS) is 18.2. The number of hydrogen-bond donors (Lipinski definition) is 0. The molecule has 0 saturated carbocycles. The second-order valence-corrected chi connectivity index (χ2v) is 8.49. The van der Waals surface area contributed by atoms with Gasteiger partial charge in [0.2, 0.25) is 0 Å². The Balaban J connectivity index is 1.72. The molecule has 0 N–H and O–H groups in total. The molecule has 2 heterocycles. The molecule has 33 heavy (non-hydrogen) atoms. The number of benzene rings is 3. The molecule has 4 heteroatoms. The van der Waals surface area contributed by atoms with Crippen molar-refractivity contribution in [2.45, 2.75) is 25.3 Å². The lowest BCUT2D eigenvalue weighted by Crippen LogP contribution is -2.38. The van der Waals surface area contributed by atoms with E-state index in [4.69, 9.17) is 4.99 Å². The summed E-state index contributed by atoms with van der Waals surface area (Å²) in [6, 6.07) is 28.2. The predicted octanol–water partition coefficient (Wildman–Crippen LogP) is 5.42. The van der Waals surface area contributed by atoms with E-state index < -0.39 is 6.04 Å². The summed E-state index contributed by atoms with van der Waals surface area (Å²) >= 11 is 0. The van der Waals surface area contributed by atoms with Crippen molar-refractivity contribution in [3.8, 4) is 0 Å². The van der Waals surface area contributed by atoms with Crippen LogP contribution < -0.4 is 0 Å². The van der Waals surface area contributed by atoms with Gasteiger partial charge in [-0.1, -0.05) is 91.0 Å². The van der Waals surface area contributed by atoms with Crippen LogP contribution >= 0.6 is 0 Å². The largest absolute Gasteiger partial charge is 0.339 e. The van der Waals surface area contributed by atoms with Crippen LogP contribution in [0.4, 0.5) is 0 Å². The van der Waals surface area contributed by atoms with Gasteiger partial charge in [0.15, 0.2) is 5.78 Å². The first kappa shape index (κ1) is 21.1. The number of Topliss-reactive ketones (excluding diaryl/α,β-unsaturated/α-hetero) is 1. The van der Waals surface area contributed by atoms with Crippen LogP contribution in [-0.2, 0) is 4.79 Å². The molecular formula is C29H26N2O2. The van der Waals surface area contributed by atoms with E-state index in [1.807, 2.05) is 83.8 Å². The number of hydrogen-bond acceptors (Lipinski definition) is 3. The Kier molecular flexibility index (Phi) is 5.99. The third kappa shape index (κ3) is 4.17. The van der Waals surface area contributed by atoms with Crippen molar-refractivity contribution in [1.29, 1.82) is 0 Å². The average Bonchev–Trinajstić information content (AvgIpc) is 3.30. The molecule has 5 rings (SSSR count). The zero-order valence-electron chi connectivity index (χ0n) is 18.5. The first-order valence-electron chi connectivity index (χ1n) is 11.6. The van der Waals surface area contributed by atoms with Crippen molar-refractivity contribution in [1.82, 2.24) is 4.90 Å². The fraction of sp³-hybridized carbons (Fsp3) is 0.207. The van der Waals surface area contributed by atoms with Crippen molar-refractivity contribution in [3.63, 3.8) is 0 Å². The fourth-order valence-corrected chi connectivity index (χ4v) is 4.67. The minimum absolute atomic E-state index is 0.0717. The van der Waals surface area contributed by atoms with Gasteiger partial charge in [0.05, 0.1) is 16.9 Å². The van der Waals surface area contributed by atoms with Gasteiger partial charge in [0, 0.05) is 24.2 Å². The van der Waals surface area contributed by atoms with E-state index in [1.54, 1.807) is 12.1 Å². The predicted molar refractivity (Wildman–Crippen MR) is 130 cm³/mol. The summed E-state index contributed by atoms with van der Waals surface area (Å²) in [5, 5.41) is 0. The summed E-state index contributed by atoms with van der Waals surface area (Å²) in [6.07, 6.45) is 3.11. The van der Waals surface area contributed by atoms with Crippen LogP contribution in [0.15, 0.2) is 107 Å². The zero-order chi connectivity index (χ0) is 22.6. The topological polar surface area (TPSA) is 49.7 Å². The molecule has 1 unspecified atom stereocenters. The lowest BCUT2D eigenvalue weighted by Gasteiger charge is -2.29. The van der Waals surface area contributed by atoms with Gasteiger partial charge < -0.3 is 4.90 Å². The number of carbonyl (C=O) groups excluding carboxylic acids is 2. The number of carbonyl (C=O) groups is 2. The monoisotopic (exact) mass is 434 g/mol. The molecule has 0 aromatic heterocycles. The van der Waals surface area contributed by atoms with E-state index in [0.29, 0.717) is 22.4 Å². The molecule has 4 nitrogen and oxygen atoms in total. The highest BCUT2D eigenvalue weighted by Crippen LogP contribution is 2.39. The van der Waals surface area contributed by atoms with Crippen LogP contribution in [0.25, 0.3) is 0 Å². The number of aliphatic imine (C=N–C) groups is 1. The highest BCUT2D eigenvalue weighted by Gasteiger charge is 2.39. The molecule has 2 aliphatic rings. The standard InChI is InChI=1S/C29H26N2O2/c32-28(23-17-9-3-10-18-23)24-25(29(33)31-19-11-4-12-20-31)27(22-15-7-2-8-16-22)30-26(24)21-13-5-1-6-14-21/h1-3,5-10,13-18,27H,4,11-12,19-20H2. The van der Waals surface area contributed by atoms with Crippen molar-refractivity contribution < 1.29 is 9.59 Å². The molecule has 3 aromatic carbocycles. The zero-order valence-corrected chi connectivity index (χ0v) is 18.5. The third-order valence-electron chi connectivity index (χ3n) is 6.34. The number of likely N-dealkylation sites (tertiary alicyclic amines) is 1. The highest BCUT2D eigenvalue weighted by molar-refractivity contribution is 6.37. The minimum atomic E-state index is -0.501. The SMILES string of the molecule is O=C(C1=C(C(=O)N2CCCCC2)C(c2ccccc2)N=C1c1ccccc1)c1ccccc1. The molecule has 164 valence electrons. The Labute approximate surface area is 194 Å². The van der Waals surface area contributed by atoms with Gasteiger partial charge in [0.1, 0.15) is 6.04 Å². The van der Waals surface area contributed by atoms with Gasteiger partial charge in [-0.15, -0.1) is 0 Å². The van der Waals surface area contributed by atoms with Crippen molar-refractivity contribution >= 4 is 17.4 Å². The van der Waals surface area contributed by atoms with Gasteiger partial charge in [-0.05, 0) is 24.8 Å². The molecule has 0 aliphatic carbocycles. The second-order valence-electron chi connectivity index (χ2n) is 8.49. The number of piperidine rings is 1. The molecule has 2 aliphatic heterocycles. The maximum absolute atomic E-state index is 13.9. The first-order chi connectivity index (χ1) is 16.2. The Bertz CT molecular complexity index is 1210. The molecule has 3 aromatic rings. The van der Waals surface area contributed by atoms with E-state index in [1.165, 1.54) is 0 Å². The summed E-state index contributed by atoms with van der Waals surface area (Å²) in [5.74, 6) is -0.227. The van der Waals surface area contributed by atoms with Gasteiger partial charge in [-0.3, -0.25) is 14.6 Å². The Hall–Kier alpha value is -3.79. The van der Waals surface area contributed by atoms with E-state index in [2.05, 4.69) is 0 Å². The lowest BCUT2D eigenvalue weighted by molar-refractivity contribution is -0.128. The number of amides is 1. The quantitative estimate of drug-likeness (QED) is 0.503. The van der Waals surface area contributed by atoms with Gasteiger partial charge in [-0.2, -0.15) is 0 Å². The van der Waals surface area contributed by atoms with Crippen LogP contribution in [0, 0.1) is 0 Å². The van der Waals surface area contributed by atoms with Crippen LogP contribution in [0.5, 0.6) is 0 Å². The third-order valence-corrected chi connectivity index (χ3v) is 6.34. The molecule has 1 atom stereocenters. The average molecular weight is 435 g/mol. The first-order valence-corrected chi connectivity index (χ1v) is 11.6. The molecule has 0 spiro atoms. The van der Waals surface area contributed by atoms with Crippen molar-refractivity contribution in [2.24, 2.45) is 4.99 Å². The number of nitrogens with zero attached hydrogens (tertiary/aromatic N) is 2. The molecule has 1 saturated heterocycles. The van der Waals surface area contributed by atoms with Crippen molar-refractivity contribution in [3.05, 3.63) is 119 Å². The summed E-state index contributed by atoms with van der Waals surface area (Å²) < 4.78 is 0. The lowest BCUT2D eigenvalue weighted by atomic mass is 9.88. The Morgan fingerprint density at radius 2 is 1.30 bits per heavy atom. The Morgan fingerprint density at radius 3 is 1.94 bits per heavy atom. The van der Waals surface area contributed by atoms with E-state index in [-0.39, 0.29) is 11.7 Å². The smallest absolute Gasteiger partial charge is 0.253 e. The highest BCUT2D eigenvalue weighted by atomic mass is 16.2. The van der Waals surface area contributed by atoms with E-state index >= 15 is 0 Å². The molecular weight excluding hydrogens is 408 g/mol. The van der Waals surface area contributed by atoms with Crippen LogP contribution in [0.3, 0.4) is 0 Å². The maximum atomic E-state index is 13.9. The molecule has 0 bridgehead atoms. The van der Waals surface area contributed by atoms with Gasteiger partial charge in [-0.25, -0.2) is 0 Å².